The van der Waals surface area contributed by atoms with Gasteiger partial charge in [-0.3, -0.25) is 0 Å². The summed E-state index contributed by atoms with van der Waals surface area (Å²) in [4.78, 5) is 0. The highest BCUT2D eigenvalue weighted by molar-refractivity contribution is 7.89. The fourth-order valence-corrected chi connectivity index (χ4v) is 1.90. The van der Waals surface area contributed by atoms with Gasteiger partial charge in [0.2, 0.25) is 10.0 Å². The maximum atomic E-state index is 11.3. The van der Waals surface area contributed by atoms with Crippen LogP contribution in [-0.4, -0.2) is 58.4 Å². The van der Waals surface area contributed by atoms with Crippen molar-refractivity contribution in [3.8, 4) is 0 Å². The van der Waals surface area contributed by atoms with Gasteiger partial charge in [0.1, 0.15) is 0 Å². The summed E-state index contributed by atoms with van der Waals surface area (Å²) >= 11 is 0. The predicted molar refractivity (Wildman–Crippen MR) is 54.7 cm³/mol. The van der Waals surface area contributed by atoms with Crippen LogP contribution < -0.4 is 5.32 Å². The lowest BCUT2D eigenvalue weighted by atomic mass is 10.2. The standard InChI is InChI=1S/C8H18N2O3S/c1-10(2)14(11,12)5-3-4-13-8-6-9-7-8/h8-9H,3-7H2,1-2H3. The zero-order valence-electron chi connectivity index (χ0n) is 8.69. The Morgan fingerprint density at radius 2 is 2.07 bits per heavy atom. The summed E-state index contributed by atoms with van der Waals surface area (Å²) in [6, 6.07) is 0. The van der Waals surface area contributed by atoms with Gasteiger partial charge in [-0.25, -0.2) is 12.7 Å². The van der Waals surface area contributed by atoms with Gasteiger partial charge in [0.25, 0.3) is 0 Å². The van der Waals surface area contributed by atoms with E-state index in [1.165, 1.54) is 4.31 Å². The summed E-state index contributed by atoms with van der Waals surface area (Å²) < 4.78 is 29.3. The zero-order chi connectivity index (χ0) is 10.6. The Kier molecular flexibility index (Phi) is 4.31. The van der Waals surface area contributed by atoms with E-state index in [1.54, 1.807) is 14.1 Å². The zero-order valence-corrected chi connectivity index (χ0v) is 9.51. The van der Waals surface area contributed by atoms with Crippen LogP contribution in [0.15, 0.2) is 0 Å². The predicted octanol–water partition coefficient (Wildman–Crippen LogP) is -0.744. The normalized spacial score (nSPS) is 18.5. The van der Waals surface area contributed by atoms with Gasteiger partial charge in [0.05, 0.1) is 11.9 Å². The van der Waals surface area contributed by atoms with Crippen LogP contribution in [0.5, 0.6) is 0 Å². The number of rotatable bonds is 6. The largest absolute Gasteiger partial charge is 0.376 e. The molecule has 1 heterocycles. The Labute approximate surface area is 85.5 Å². The lowest BCUT2D eigenvalue weighted by Gasteiger charge is -2.27. The molecule has 1 aliphatic heterocycles. The summed E-state index contributed by atoms with van der Waals surface area (Å²) in [7, 11) is 0.0482. The number of sulfonamides is 1. The van der Waals surface area contributed by atoms with E-state index < -0.39 is 10.0 Å². The van der Waals surface area contributed by atoms with Crippen molar-refractivity contribution >= 4 is 10.0 Å². The fourth-order valence-electron chi connectivity index (χ4n) is 1.05. The van der Waals surface area contributed by atoms with E-state index in [1.807, 2.05) is 0 Å². The number of nitrogens with zero attached hydrogens (tertiary/aromatic N) is 1. The van der Waals surface area contributed by atoms with E-state index in [0.29, 0.717) is 13.0 Å². The highest BCUT2D eigenvalue weighted by atomic mass is 32.2. The van der Waals surface area contributed by atoms with Gasteiger partial charge in [-0.1, -0.05) is 0 Å². The lowest BCUT2D eigenvalue weighted by Crippen LogP contribution is -2.48. The maximum Gasteiger partial charge on any atom is 0.213 e. The first-order chi connectivity index (χ1) is 6.52. The molecule has 1 fully saturated rings. The molecule has 0 amide bonds. The third-order valence-electron chi connectivity index (χ3n) is 2.20. The Morgan fingerprint density at radius 1 is 1.43 bits per heavy atom. The van der Waals surface area contributed by atoms with E-state index in [0.717, 1.165) is 13.1 Å². The third-order valence-corrected chi connectivity index (χ3v) is 4.12. The lowest BCUT2D eigenvalue weighted by molar-refractivity contribution is 0.0196. The average Bonchev–Trinajstić information content (AvgIpc) is 2.00. The SMILES string of the molecule is CN(C)S(=O)(=O)CCCOC1CNC1. The molecule has 14 heavy (non-hydrogen) atoms. The van der Waals surface area contributed by atoms with Gasteiger partial charge in [-0.05, 0) is 6.42 Å². The number of hydrogen-bond donors (Lipinski definition) is 1. The van der Waals surface area contributed by atoms with Gasteiger partial charge >= 0.3 is 0 Å². The van der Waals surface area contributed by atoms with Crippen LogP contribution in [0.2, 0.25) is 0 Å². The van der Waals surface area contributed by atoms with Crippen molar-refractivity contribution in [2.45, 2.75) is 12.5 Å². The highest BCUT2D eigenvalue weighted by Gasteiger charge is 2.17. The molecule has 0 bridgehead atoms. The minimum absolute atomic E-state index is 0.167. The van der Waals surface area contributed by atoms with E-state index >= 15 is 0 Å². The molecular weight excluding hydrogens is 204 g/mol. The van der Waals surface area contributed by atoms with Gasteiger partial charge in [0.15, 0.2) is 0 Å². The van der Waals surface area contributed by atoms with Crippen molar-refractivity contribution < 1.29 is 13.2 Å². The molecule has 0 radical (unpaired) electrons. The van der Waals surface area contributed by atoms with Crippen LogP contribution in [0.3, 0.4) is 0 Å². The third kappa shape index (κ3) is 3.53. The van der Waals surface area contributed by atoms with E-state index in [9.17, 15) is 8.42 Å². The molecule has 0 atom stereocenters. The summed E-state index contributed by atoms with van der Waals surface area (Å²) in [5.74, 6) is 0.167. The van der Waals surface area contributed by atoms with Crippen molar-refractivity contribution in [1.29, 1.82) is 0 Å². The molecule has 6 heteroatoms. The number of ether oxygens (including phenoxy) is 1. The molecule has 84 valence electrons. The Bertz CT molecular complexity index is 260. The van der Waals surface area contributed by atoms with Crippen molar-refractivity contribution in [1.82, 2.24) is 9.62 Å². The van der Waals surface area contributed by atoms with Crippen LogP contribution in [-0.2, 0) is 14.8 Å². The van der Waals surface area contributed by atoms with Crippen LogP contribution in [0.4, 0.5) is 0 Å². The summed E-state index contributed by atoms with van der Waals surface area (Å²) in [5.41, 5.74) is 0. The smallest absolute Gasteiger partial charge is 0.213 e. The van der Waals surface area contributed by atoms with Crippen molar-refractivity contribution in [2.75, 3.05) is 39.5 Å². The second kappa shape index (κ2) is 5.06. The molecule has 0 aliphatic carbocycles. The van der Waals surface area contributed by atoms with E-state index in [2.05, 4.69) is 5.32 Å². The van der Waals surface area contributed by atoms with Gasteiger partial charge in [-0.15, -0.1) is 0 Å². The second-order valence-electron chi connectivity index (χ2n) is 3.60. The summed E-state index contributed by atoms with van der Waals surface area (Å²) in [6.45, 7) is 2.31. The minimum Gasteiger partial charge on any atom is -0.376 e. The molecule has 0 aromatic carbocycles. The molecule has 1 N–H and O–H groups in total. The van der Waals surface area contributed by atoms with E-state index in [-0.39, 0.29) is 11.9 Å². The van der Waals surface area contributed by atoms with Crippen LogP contribution in [0, 0.1) is 0 Å². The van der Waals surface area contributed by atoms with Crippen molar-refractivity contribution in [2.24, 2.45) is 0 Å². The minimum atomic E-state index is -3.05. The second-order valence-corrected chi connectivity index (χ2v) is 5.91. The van der Waals surface area contributed by atoms with Crippen LogP contribution >= 0.6 is 0 Å². The quantitative estimate of drug-likeness (QED) is 0.601. The molecule has 0 spiro atoms. The van der Waals surface area contributed by atoms with Crippen molar-refractivity contribution in [3.05, 3.63) is 0 Å². The molecule has 1 aliphatic rings. The van der Waals surface area contributed by atoms with Crippen LogP contribution in [0.1, 0.15) is 6.42 Å². The first-order valence-corrected chi connectivity index (χ1v) is 6.36. The molecule has 0 saturated carbocycles. The topological polar surface area (TPSA) is 58.6 Å². The number of hydrogen-bond acceptors (Lipinski definition) is 4. The summed E-state index contributed by atoms with van der Waals surface area (Å²) in [6.07, 6.45) is 0.855. The Balaban J connectivity index is 2.08. The monoisotopic (exact) mass is 222 g/mol. The maximum absolute atomic E-state index is 11.3. The molecule has 1 saturated heterocycles. The van der Waals surface area contributed by atoms with E-state index in [4.69, 9.17) is 4.74 Å². The highest BCUT2D eigenvalue weighted by Crippen LogP contribution is 2.01. The number of nitrogens with one attached hydrogen (secondary N) is 1. The molecular formula is C8H18N2O3S. The summed E-state index contributed by atoms with van der Waals surface area (Å²) in [5, 5.41) is 3.09. The van der Waals surface area contributed by atoms with Gasteiger partial charge in [-0.2, -0.15) is 0 Å². The fraction of sp³-hybridized carbons (Fsp3) is 1.00. The molecule has 1 rings (SSSR count). The molecule has 5 nitrogen and oxygen atoms in total. The molecule has 0 unspecified atom stereocenters. The van der Waals surface area contributed by atoms with Crippen LogP contribution in [0.25, 0.3) is 0 Å². The Morgan fingerprint density at radius 3 is 2.50 bits per heavy atom. The van der Waals surface area contributed by atoms with Crippen molar-refractivity contribution in [3.63, 3.8) is 0 Å². The molecule has 0 aromatic rings. The first kappa shape index (κ1) is 11.9. The Hall–Kier alpha value is -0.170. The first-order valence-electron chi connectivity index (χ1n) is 4.75. The molecule has 0 aromatic heterocycles. The van der Waals surface area contributed by atoms with Gasteiger partial charge < -0.3 is 10.1 Å². The average molecular weight is 222 g/mol. The van der Waals surface area contributed by atoms with Gasteiger partial charge in [0, 0.05) is 33.8 Å².